The average Bonchev–Trinajstić information content (AvgIpc) is 2.89. The molecule has 4 aromatic rings. The van der Waals surface area contributed by atoms with Crippen molar-refractivity contribution in [3.05, 3.63) is 89.7 Å². The molecule has 1 aliphatic heterocycles. The first-order chi connectivity index (χ1) is 17.0. The first-order valence-electron chi connectivity index (χ1n) is 12.0. The number of benzene rings is 3. The Hall–Kier alpha value is -3.93. The highest BCUT2D eigenvalue weighted by atomic mass is 19.1. The van der Waals surface area contributed by atoms with Gasteiger partial charge >= 0.3 is 0 Å². The molecule has 0 bridgehead atoms. The van der Waals surface area contributed by atoms with Crippen molar-refractivity contribution in [1.29, 1.82) is 0 Å². The number of hydrogen-bond donors (Lipinski definition) is 0. The number of nitrogens with zero attached hydrogens (tertiary/aromatic N) is 3. The van der Waals surface area contributed by atoms with E-state index in [-0.39, 0.29) is 11.7 Å². The highest BCUT2D eigenvalue weighted by molar-refractivity contribution is 6.07. The largest absolute Gasteiger partial charge is 0.492 e. The third-order valence-electron chi connectivity index (χ3n) is 6.41. The third-order valence-corrected chi connectivity index (χ3v) is 6.41. The van der Waals surface area contributed by atoms with Crippen LogP contribution in [0.5, 0.6) is 5.75 Å². The standard InChI is InChI=1S/C29H28FN3O2/c1-3-35-28-7-5-4-6-27(28)32-14-16-33(17-15-32)29(34)24-19-26(21-9-11-22(30)12-10-21)31-25-13-8-20(2)18-23(24)25/h4-13,18-19H,3,14-17H2,1-2H3. The number of halogens is 1. The van der Waals surface area contributed by atoms with Crippen LogP contribution in [-0.4, -0.2) is 48.6 Å². The Bertz CT molecular complexity index is 1360. The summed E-state index contributed by atoms with van der Waals surface area (Å²) >= 11 is 0. The van der Waals surface area contributed by atoms with Gasteiger partial charge in [-0.1, -0.05) is 23.8 Å². The zero-order valence-corrected chi connectivity index (χ0v) is 20.0. The topological polar surface area (TPSA) is 45.7 Å². The molecule has 178 valence electrons. The summed E-state index contributed by atoms with van der Waals surface area (Å²) in [7, 11) is 0. The molecule has 0 atom stereocenters. The van der Waals surface area contributed by atoms with Crippen LogP contribution in [0.25, 0.3) is 22.2 Å². The number of aryl methyl sites for hydroxylation is 1. The minimum atomic E-state index is -0.301. The van der Waals surface area contributed by atoms with E-state index in [2.05, 4.69) is 11.0 Å². The molecular formula is C29H28FN3O2. The van der Waals surface area contributed by atoms with Crippen LogP contribution in [0.2, 0.25) is 0 Å². The number of piperazine rings is 1. The summed E-state index contributed by atoms with van der Waals surface area (Å²) in [5.41, 5.74) is 4.95. The average molecular weight is 470 g/mol. The van der Waals surface area contributed by atoms with Crippen LogP contribution in [-0.2, 0) is 0 Å². The van der Waals surface area contributed by atoms with Crippen LogP contribution in [0.15, 0.2) is 72.8 Å². The Kier molecular flexibility index (Phi) is 6.36. The first kappa shape index (κ1) is 22.8. The van der Waals surface area contributed by atoms with Gasteiger partial charge in [-0.15, -0.1) is 0 Å². The summed E-state index contributed by atoms with van der Waals surface area (Å²) in [5, 5.41) is 0.838. The number of carbonyl (C=O) groups is 1. The second kappa shape index (κ2) is 9.74. The van der Waals surface area contributed by atoms with Gasteiger partial charge in [0, 0.05) is 37.1 Å². The van der Waals surface area contributed by atoms with Crippen molar-refractivity contribution in [3.8, 4) is 17.0 Å². The molecule has 1 saturated heterocycles. The summed E-state index contributed by atoms with van der Waals surface area (Å²) in [4.78, 5) is 22.7. The quantitative estimate of drug-likeness (QED) is 0.376. The number of anilines is 1. The lowest BCUT2D eigenvalue weighted by Crippen LogP contribution is -2.49. The van der Waals surface area contributed by atoms with E-state index < -0.39 is 0 Å². The number of aromatic nitrogens is 1. The van der Waals surface area contributed by atoms with E-state index in [1.165, 1.54) is 12.1 Å². The monoisotopic (exact) mass is 469 g/mol. The molecule has 3 aromatic carbocycles. The molecule has 0 N–H and O–H groups in total. The number of fused-ring (bicyclic) bond motifs is 1. The maximum absolute atomic E-state index is 13.8. The number of ether oxygens (including phenoxy) is 1. The Morgan fingerprint density at radius 2 is 1.71 bits per heavy atom. The van der Waals surface area contributed by atoms with Crippen molar-refractivity contribution in [3.63, 3.8) is 0 Å². The van der Waals surface area contributed by atoms with Crippen molar-refractivity contribution in [2.24, 2.45) is 0 Å². The van der Waals surface area contributed by atoms with Gasteiger partial charge in [0.25, 0.3) is 5.91 Å². The van der Waals surface area contributed by atoms with Gasteiger partial charge in [0.15, 0.2) is 0 Å². The zero-order chi connectivity index (χ0) is 24.4. The van der Waals surface area contributed by atoms with E-state index in [0.29, 0.717) is 31.0 Å². The summed E-state index contributed by atoms with van der Waals surface area (Å²) in [6.45, 7) is 7.28. The maximum Gasteiger partial charge on any atom is 0.254 e. The maximum atomic E-state index is 13.8. The molecule has 1 aromatic heterocycles. The first-order valence-corrected chi connectivity index (χ1v) is 12.0. The molecule has 1 aliphatic rings. The van der Waals surface area contributed by atoms with Crippen molar-refractivity contribution >= 4 is 22.5 Å². The van der Waals surface area contributed by atoms with E-state index in [0.717, 1.165) is 46.6 Å². The number of hydrogen-bond acceptors (Lipinski definition) is 4. The highest BCUT2D eigenvalue weighted by Crippen LogP contribution is 2.30. The molecule has 6 heteroatoms. The molecule has 35 heavy (non-hydrogen) atoms. The second-order valence-corrected chi connectivity index (χ2v) is 8.76. The lowest BCUT2D eigenvalue weighted by atomic mass is 10.0. The third kappa shape index (κ3) is 4.69. The number of pyridine rings is 1. The van der Waals surface area contributed by atoms with Crippen molar-refractivity contribution in [2.75, 3.05) is 37.7 Å². The minimum absolute atomic E-state index is 0.0101. The Morgan fingerprint density at radius 1 is 0.971 bits per heavy atom. The Labute approximate surface area is 204 Å². The van der Waals surface area contributed by atoms with E-state index >= 15 is 0 Å². The number of rotatable bonds is 5. The predicted molar refractivity (Wildman–Crippen MR) is 138 cm³/mol. The smallest absolute Gasteiger partial charge is 0.254 e. The fourth-order valence-electron chi connectivity index (χ4n) is 4.60. The fraction of sp³-hybridized carbons (Fsp3) is 0.241. The van der Waals surface area contributed by atoms with Crippen molar-refractivity contribution in [1.82, 2.24) is 9.88 Å². The second-order valence-electron chi connectivity index (χ2n) is 8.76. The number of amides is 1. The van der Waals surface area contributed by atoms with Gasteiger partial charge < -0.3 is 14.5 Å². The van der Waals surface area contributed by atoms with Gasteiger partial charge in [0.2, 0.25) is 0 Å². The molecule has 5 nitrogen and oxygen atoms in total. The summed E-state index contributed by atoms with van der Waals surface area (Å²) in [6, 6.07) is 22.0. The van der Waals surface area contributed by atoms with Crippen molar-refractivity contribution < 1.29 is 13.9 Å². The van der Waals surface area contributed by atoms with Crippen LogP contribution in [0.4, 0.5) is 10.1 Å². The summed E-state index contributed by atoms with van der Waals surface area (Å²) in [5.74, 6) is 0.559. The predicted octanol–water partition coefficient (Wildman–Crippen LogP) is 5.71. The van der Waals surface area contributed by atoms with Crippen LogP contribution >= 0.6 is 0 Å². The van der Waals surface area contributed by atoms with E-state index in [1.54, 1.807) is 12.1 Å². The minimum Gasteiger partial charge on any atom is -0.492 e. The Balaban J connectivity index is 1.44. The molecule has 1 amide bonds. The normalized spacial score (nSPS) is 13.8. The highest BCUT2D eigenvalue weighted by Gasteiger charge is 2.25. The lowest BCUT2D eigenvalue weighted by molar-refractivity contribution is 0.0748. The zero-order valence-electron chi connectivity index (χ0n) is 20.0. The van der Waals surface area contributed by atoms with Crippen LogP contribution in [0.3, 0.4) is 0 Å². The van der Waals surface area contributed by atoms with Crippen LogP contribution < -0.4 is 9.64 Å². The molecule has 1 fully saturated rings. The summed E-state index contributed by atoms with van der Waals surface area (Å²) < 4.78 is 19.3. The Morgan fingerprint density at radius 3 is 2.46 bits per heavy atom. The van der Waals surface area contributed by atoms with Gasteiger partial charge in [0.1, 0.15) is 11.6 Å². The van der Waals surface area contributed by atoms with Gasteiger partial charge in [-0.05, 0) is 68.4 Å². The molecule has 0 unspecified atom stereocenters. The molecule has 0 spiro atoms. The molecule has 2 heterocycles. The van der Waals surface area contributed by atoms with Gasteiger partial charge in [0.05, 0.1) is 29.1 Å². The lowest BCUT2D eigenvalue weighted by Gasteiger charge is -2.37. The number of carbonyl (C=O) groups excluding carboxylic acids is 1. The molecular weight excluding hydrogens is 441 g/mol. The van der Waals surface area contributed by atoms with E-state index in [1.807, 2.05) is 61.2 Å². The number of para-hydroxylation sites is 2. The fourth-order valence-corrected chi connectivity index (χ4v) is 4.60. The van der Waals surface area contributed by atoms with Gasteiger partial charge in [-0.25, -0.2) is 9.37 Å². The van der Waals surface area contributed by atoms with Gasteiger partial charge in [-0.3, -0.25) is 4.79 Å². The summed E-state index contributed by atoms with van der Waals surface area (Å²) in [6.07, 6.45) is 0. The SMILES string of the molecule is CCOc1ccccc1N1CCN(C(=O)c2cc(-c3ccc(F)cc3)nc3ccc(C)cc23)CC1. The molecule has 5 rings (SSSR count). The molecule has 0 saturated carbocycles. The van der Waals surface area contributed by atoms with Gasteiger partial charge in [-0.2, -0.15) is 0 Å². The van der Waals surface area contributed by atoms with Crippen LogP contribution in [0.1, 0.15) is 22.8 Å². The van der Waals surface area contributed by atoms with E-state index in [9.17, 15) is 9.18 Å². The molecule has 0 radical (unpaired) electrons. The van der Waals surface area contributed by atoms with Crippen molar-refractivity contribution in [2.45, 2.75) is 13.8 Å². The van der Waals surface area contributed by atoms with Crippen LogP contribution in [0, 0.1) is 12.7 Å². The van der Waals surface area contributed by atoms with E-state index in [4.69, 9.17) is 9.72 Å². The molecule has 0 aliphatic carbocycles.